The molecular formula is C16H21BrFN. The second-order valence-electron chi connectivity index (χ2n) is 5.11. The van der Waals surface area contributed by atoms with Gasteiger partial charge in [0.25, 0.3) is 0 Å². The fourth-order valence-electron chi connectivity index (χ4n) is 2.62. The second kappa shape index (κ2) is 7.20. The summed E-state index contributed by atoms with van der Waals surface area (Å²) < 4.78 is 14.4. The van der Waals surface area contributed by atoms with Crippen LogP contribution in [0.15, 0.2) is 34.3 Å². The molecule has 0 saturated carbocycles. The van der Waals surface area contributed by atoms with Gasteiger partial charge >= 0.3 is 0 Å². The molecule has 0 saturated heterocycles. The Morgan fingerprint density at radius 3 is 2.79 bits per heavy atom. The van der Waals surface area contributed by atoms with Crippen molar-refractivity contribution in [3.63, 3.8) is 0 Å². The summed E-state index contributed by atoms with van der Waals surface area (Å²) >= 11 is 3.39. The zero-order valence-corrected chi connectivity index (χ0v) is 13.0. The molecule has 1 aromatic rings. The summed E-state index contributed by atoms with van der Waals surface area (Å²) in [6, 6.07) is 5.34. The van der Waals surface area contributed by atoms with Gasteiger partial charge in [-0.2, -0.15) is 0 Å². The van der Waals surface area contributed by atoms with Crippen molar-refractivity contribution in [1.82, 2.24) is 5.32 Å². The van der Waals surface area contributed by atoms with E-state index in [-0.39, 0.29) is 11.9 Å². The molecule has 1 aliphatic carbocycles. The van der Waals surface area contributed by atoms with Gasteiger partial charge in [0.05, 0.1) is 6.04 Å². The Balaban J connectivity index is 2.27. The van der Waals surface area contributed by atoms with E-state index < -0.39 is 0 Å². The molecule has 3 heteroatoms. The van der Waals surface area contributed by atoms with E-state index in [4.69, 9.17) is 0 Å². The quantitative estimate of drug-likeness (QED) is 0.740. The SMILES string of the molecule is CCCNC(C1=CCCCC1)c1cc(F)cc(Br)c1. The molecule has 1 atom stereocenters. The molecule has 0 aromatic heterocycles. The van der Waals surface area contributed by atoms with Crippen LogP contribution in [-0.4, -0.2) is 6.54 Å². The lowest BCUT2D eigenvalue weighted by molar-refractivity contribution is 0.541. The lowest BCUT2D eigenvalue weighted by atomic mass is 9.89. The number of benzene rings is 1. The zero-order valence-electron chi connectivity index (χ0n) is 11.4. The van der Waals surface area contributed by atoms with Gasteiger partial charge in [0.1, 0.15) is 5.82 Å². The third kappa shape index (κ3) is 4.15. The van der Waals surface area contributed by atoms with Gasteiger partial charge < -0.3 is 5.32 Å². The fraction of sp³-hybridized carbons (Fsp3) is 0.500. The van der Waals surface area contributed by atoms with Crippen LogP contribution in [0.2, 0.25) is 0 Å². The summed E-state index contributed by atoms with van der Waals surface area (Å²) in [5.74, 6) is -0.177. The molecule has 0 heterocycles. The van der Waals surface area contributed by atoms with Crippen molar-refractivity contribution in [2.45, 2.75) is 45.1 Å². The number of allylic oxidation sites excluding steroid dienone is 1. The molecule has 19 heavy (non-hydrogen) atoms. The Morgan fingerprint density at radius 2 is 2.16 bits per heavy atom. The third-order valence-electron chi connectivity index (χ3n) is 3.51. The molecule has 0 aliphatic heterocycles. The number of hydrogen-bond donors (Lipinski definition) is 1. The van der Waals surface area contributed by atoms with Crippen LogP contribution in [0.4, 0.5) is 4.39 Å². The lowest BCUT2D eigenvalue weighted by Gasteiger charge is -2.25. The van der Waals surface area contributed by atoms with Crippen LogP contribution in [0.1, 0.15) is 50.6 Å². The highest BCUT2D eigenvalue weighted by Crippen LogP contribution is 2.31. The first kappa shape index (κ1) is 14.7. The summed E-state index contributed by atoms with van der Waals surface area (Å²) in [7, 11) is 0. The van der Waals surface area contributed by atoms with Crippen LogP contribution in [0.3, 0.4) is 0 Å². The average Bonchev–Trinajstić information content (AvgIpc) is 2.39. The standard InChI is InChI=1S/C16H21BrFN/c1-2-8-19-16(12-6-4-3-5-7-12)13-9-14(17)11-15(18)10-13/h6,9-11,16,19H,2-5,7-8H2,1H3. The molecule has 1 aliphatic rings. The first-order chi connectivity index (χ1) is 9.20. The first-order valence-electron chi connectivity index (χ1n) is 7.09. The molecule has 1 unspecified atom stereocenters. The predicted molar refractivity (Wildman–Crippen MR) is 81.7 cm³/mol. The molecule has 104 valence electrons. The molecule has 1 nitrogen and oxygen atoms in total. The van der Waals surface area contributed by atoms with Gasteiger partial charge in [-0.15, -0.1) is 0 Å². The van der Waals surface area contributed by atoms with Crippen molar-refractivity contribution in [3.05, 3.63) is 45.7 Å². The van der Waals surface area contributed by atoms with Crippen LogP contribution in [-0.2, 0) is 0 Å². The van der Waals surface area contributed by atoms with Crippen molar-refractivity contribution in [3.8, 4) is 0 Å². The second-order valence-corrected chi connectivity index (χ2v) is 6.03. The number of rotatable bonds is 5. The van der Waals surface area contributed by atoms with E-state index in [1.165, 1.54) is 24.5 Å². The predicted octanol–water partition coefficient (Wildman–Crippen LogP) is 5.13. The van der Waals surface area contributed by atoms with E-state index in [1.54, 1.807) is 6.07 Å². The van der Waals surface area contributed by atoms with E-state index in [1.807, 2.05) is 6.07 Å². The Bertz CT molecular complexity index is 436. The molecule has 0 fully saturated rings. The minimum Gasteiger partial charge on any atom is -0.307 e. The van der Waals surface area contributed by atoms with Crippen molar-refractivity contribution in [1.29, 1.82) is 0 Å². The van der Waals surface area contributed by atoms with Gasteiger partial charge in [0.15, 0.2) is 0 Å². The Labute approximate surface area is 123 Å². The average molecular weight is 326 g/mol. The Hall–Kier alpha value is -0.670. The molecular weight excluding hydrogens is 305 g/mol. The summed E-state index contributed by atoms with van der Waals surface area (Å²) in [6.45, 7) is 3.11. The van der Waals surface area contributed by atoms with E-state index in [9.17, 15) is 4.39 Å². The van der Waals surface area contributed by atoms with E-state index in [0.29, 0.717) is 0 Å². The van der Waals surface area contributed by atoms with E-state index in [2.05, 4.69) is 34.2 Å². The molecule has 0 spiro atoms. The van der Waals surface area contributed by atoms with E-state index >= 15 is 0 Å². The normalized spacial score (nSPS) is 17.1. The highest BCUT2D eigenvalue weighted by molar-refractivity contribution is 9.10. The van der Waals surface area contributed by atoms with Gasteiger partial charge in [-0.05, 0) is 62.4 Å². The number of nitrogens with one attached hydrogen (secondary N) is 1. The van der Waals surface area contributed by atoms with Gasteiger partial charge in [-0.3, -0.25) is 0 Å². The van der Waals surface area contributed by atoms with Crippen molar-refractivity contribution in [2.24, 2.45) is 0 Å². The maximum Gasteiger partial charge on any atom is 0.124 e. The maximum absolute atomic E-state index is 13.6. The third-order valence-corrected chi connectivity index (χ3v) is 3.97. The summed E-state index contributed by atoms with van der Waals surface area (Å²) in [6.07, 6.45) is 8.20. The lowest BCUT2D eigenvalue weighted by Crippen LogP contribution is -2.25. The molecule has 1 N–H and O–H groups in total. The van der Waals surface area contributed by atoms with Crippen LogP contribution in [0, 0.1) is 5.82 Å². The molecule has 0 radical (unpaired) electrons. The minimum atomic E-state index is -0.177. The van der Waals surface area contributed by atoms with Gasteiger partial charge in [-0.25, -0.2) is 4.39 Å². The van der Waals surface area contributed by atoms with Crippen molar-refractivity contribution < 1.29 is 4.39 Å². The Morgan fingerprint density at radius 1 is 1.32 bits per heavy atom. The highest BCUT2D eigenvalue weighted by Gasteiger charge is 2.18. The topological polar surface area (TPSA) is 12.0 Å². The zero-order chi connectivity index (χ0) is 13.7. The van der Waals surface area contributed by atoms with E-state index in [0.717, 1.165) is 35.8 Å². The van der Waals surface area contributed by atoms with Crippen LogP contribution in [0.5, 0.6) is 0 Å². The largest absolute Gasteiger partial charge is 0.307 e. The fourth-order valence-corrected chi connectivity index (χ4v) is 3.10. The van der Waals surface area contributed by atoms with Gasteiger partial charge in [0, 0.05) is 4.47 Å². The highest BCUT2D eigenvalue weighted by atomic mass is 79.9. The molecule has 1 aromatic carbocycles. The summed E-state index contributed by atoms with van der Waals surface area (Å²) in [5, 5.41) is 3.55. The molecule has 0 bridgehead atoms. The van der Waals surface area contributed by atoms with Crippen LogP contribution >= 0.6 is 15.9 Å². The van der Waals surface area contributed by atoms with Crippen molar-refractivity contribution >= 4 is 15.9 Å². The smallest absolute Gasteiger partial charge is 0.124 e. The molecule has 0 amide bonds. The number of halogens is 2. The Kier molecular flexibility index (Phi) is 5.59. The van der Waals surface area contributed by atoms with Gasteiger partial charge in [-0.1, -0.05) is 34.5 Å². The monoisotopic (exact) mass is 325 g/mol. The first-order valence-corrected chi connectivity index (χ1v) is 7.88. The minimum absolute atomic E-state index is 0.159. The summed E-state index contributed by atoms with van der Waals surface area (Å²) in [5.41, 5.74) is 2.44. The summed E-state index contributed by atoms with van der Waals surface area (Å²) in [4.78, 5) is 0. The number of hydrogen-bond acceptors (Lipinski definition) is 1. The van der Waals surface area contributed by atoms with Gasteiger partial charge in [0.2, 0.25) is 0 Å². The maximum atomic E-state index is 13.6. The van der Waals surface area contributed by atoms with Crippen LogP contribution in [0.25, 0.3) is 0 Å². The molecule has 2 rings (SSSR count). The van der Waals surface area contributed by atoms with Crippen LogP contribution < -0.4 is 5.32 Å². The van der Waals surface area contributed by atoms with Crippen molar-refractivity contribution in [2.75, 3.05) is 6.54 Å².